The Hall–Kier alpha value is -1.11. The minimum absolute atomic E-state index is 0.0658. The molecule has 0 amide bonds. The summed E-state index contributed by atoms with van der Waals surface area (Å²) >= 11 is 0. The minimum Gasteiger partial charge on any atom is -0.339 e. The van der Waals surface area contributed by atoms with Crippen LogP contribution in [-0.4, -0.2) is 23.2 Å². The fourth-order valence-electron chi connectivity index (χ4n) is 1.59. The van der Waals surface area contributed by atoms with E-state index in [4.69, 9.17) is 0 Å². The van der Waals surface area contributed by atoms with Crippen LogP contribution >= 0.6 is 0 Å². The lowest BCUT2D eigenvalue weighted by molar-refractivity contribution is -0.146. The molecule has 1 aromatic rings. The third-order valence-electron chi connectivity index (χ3n) is 2.35. The van der Waals surface area contributed by atoms with E-state index in [0.717, 1.165) is 19.5 Å². The van der Waals surface area contributed by atoms with Crippen LogP contribution in [0.4, 0.5) is 13.2 Å². The Morgan fingerprint density at radius 2 is 2.27 bits per heavy atom. The van der Waals surface area contributed by atoms with Crippen LogP contribution in [0, 0.1) is 5.92 Å². The Morgan fingerprint density at radius 1 is 1.47 bits per heavy atom. The summed E-state index contributed by atoms with van der Waals surface area (Å²) in [7, 11) is 0. The summed E-state index contributed by atoms with van der Waals surface area (Å²) in [6, 6.07) is 0. The molecule has 0 aromatic carbocycles. The molecule has 2 heterocycles. The van der Waals surface area contributed by atoms with E-state index < -0.39 is 12.0 Å². The van der Waals surface area contributed by atoms with E-state index in [-0.39, 0.29) is 5.89 Å². The molecule has 0 spiro atoms. The van der Waals surface area contributed by atoms with Crippen LogP contribution in [0.25, 0.3) is 0 Å². The van der Waals surface area contributed by atoms with Gasteiger partial charge >= 0.3 is 6.18 Å². The Labute approximate surface area is 83.8 Å². The van der Waals surface area contributed by atoms with Crippen LogP contribution in [-0.2, 0) is 12.6 Å². The van der Waals surface area contributed by atoms with Crippen molar-refractivity contribution in [3.63, 3.8) is 0 Å². The predicted octanol–water partition coefficient (Wildman–Crippen LogP) is 1.24. The van der Waals surface area contributed by atoms with Gasteiger partial charge in [0.15, 0.2) is 0 Å². The Morgan fingerprint density at radius 3 is 2.80 bits per heavy atom. The summed E-state index contributed by atoms with van der Waals surface area (Å²) in [6.45, 7) is 1.69. The van der Waals surface area contributed by atoms with Crippen molar-refractivity contribution in [2.75, 3.05) is 13.1 Å². The fraction of sp³-hybridized carbons (Fsp3) is 0.750. The lowest BCUT2D eigenvalue weighted by Crippen LogP contribution is -2.11. The molecule has 15 heavy (non-hydrogen) atoms. The zero-order chi connectivity index (χ0) is 10.9. The molecular formula is C8H10F3N3O. The lowest BCUT2D eigenvalue weighted by atomic mass is 10.1. The Balaban J connectivity index is 2.00. The standard InChI is InChI=1S/C8H10F3N3O/c9-8(10,11)7-13-6(15-14-7)3-5-1-2-12-4-5/h5,12H,1-4H2. The van der Waals surface area contributed by atoms with Gasteiger partial charge in [-0.2, -0.15) is 18.2 Å². The molecule has 1 atom stereocenters. The number of alkyl halides is 3. The molecule has 1 N–H and O–H groups in total. The largest absolute Gasteiger partial charge is 0.455 e. The first-order chi connectivity index (χ1) is 7.05. The summed E-state index contributed by atoms with van der Waals surface area (Å²) in [6.07, 6.45) is -3.17. The van der Waals surface area contributed by atoms with Crippen molar-refractivity contribution in [2.45, 2.75) is 19.0 Å². The quantitative estimate of drug-likeness (QED) is 0.816. The van der Waals surface area contributed by atoms with Crippen molar-refractivity contribution < 1.29 is 17.7 Å². The van der Waals surface area contributed by atoms with Gasteiger partial charge in [-0.1, -0.05) is 5.16 Å². The maximum Gasteiger partial charge on any atom is 0.455 e. The minimum atomic E-state index is -4.52. The van der Waals surface area contributed by atoms with Crippen LogP contribution in [0.5, 0.6) is 0 Å². The molecular weight excluding hydrogens is 211 g/mol. The highest BCUT2D eigenvalue weighted by Gasteiger charge is 2.37. The molecule has 7 heteroatoms. The number of rotatable bonds is 2. The van der Waals surface area contributed by atoms with Gasteiger partial charge in [-0.3, -0.25) is 0 Å². The second-order valence-electron chi connectivity index (χ2n) is 3.57. The zero-order valence-corrected chi connectivity index (χ0v) is 7.84. The number of nitrogens with zero attached hydrogens (tertiary/aromatic N) is 2. The van der Waals surface area contributed by atoms with Gasteiger partial charge in [-0.05, 0) is 25.4 Å². The highest BCUT2D eigenvalue weighted by Crippen LogP contribution is 2.26. The number of aromatic nitrogens is 2. The fourth-order valence-corrected chi connectivity index (χ4v) is 1.59. The topological polar surface area (TPSA) is 51.0 Å². The highest BCUT2D eigenvalue weighted by molar-refractivity contribution is 4.92. The number of hydrogen-bond donors (Lipinski definition) is 1. The van der Waals surface area contributed by atoms with Crippen LogP contribution in [0.1, 0.15) is 18.1 Å². The summed E-state index contributed by atoms with van der Waals surface area (Å²) in [5, 5.41) is 6.02. The molecule has 0 saturated carbocycles. The van der Waals surface area contributed by atoms with Gasteiger partial charge in [0, 0.05) is 6.42 Å². The molecule has 2 rings (SSSR count). The van der Waals surface area contributed by atoms with Gasteiger partial charge in [0.05, 0.1) is 0 Å². The molecule has 4 nitrogen and oxygen atoms in total. The Kier molecular flexibility index (Phi) is 2.64. The number of hydrogen-bond acceptors (Lipinski definition) is 4. The molecule has 84 valence electrons. The van der Waals surface area contributed by atoms with E-state index >= 15 is 0 Å². The summed E-state index contributed by atoms with van der Waals surface area (Å²) < 4.78 is 40.9. The van der Waals surface area contributed by atoms with Crippen molar-refractivity contribution in [1.82, 2.24) is 15.5 Å². The maximum atomic E-state index is 12.1. The summed E-state index contributed by atoms with van der Waals surface area (Å²) in [4.78, 5) is 3.31. The third-order valence-corrected chi connectivity index (χ3v) is 2.35. The molecule has 1 aliphatic heterocycles. The molecule has 1 aromatic heterocycles. The monoisotopic (exact) mass is 221 g/mol. The molecule has 1 unspecified atom stereocenters. The van der Waals surface area contributed by atoms with Gasteiger partial charge in [0.2, 0.25) is 5.89 Å². The lowest BCUT2D eigenvalue weighted by Gasteiger charge is -2.02. The van der Waals surface area contributed by atoms with Crippen molar-refractivity contribution in [3.05, 3.63) is 11.7 Å². The van der Waals surface area contributed by atoms with E-state index in [2.05, 4.69) is 20.0 Å². The SMILES string of the molecule is FC(F)(F)c1noc(CC2CCNC2)n1. The molecule has 0 bridgehead atoms. The van der Waals surface area contributed by atoms with Gasteiger partial charge in [-0.15, -0.1) is 0 Å². The number of halogens is 3. The maximum absolute atomic E-state index is 12.1. The first kappa shape index (κ1) is 10.4. The van der Waals surface area contributed by atoms with Gasteiger partial charge in [0.25, 0.3) is 5.82 Å². The van der Waals surface area contributed by atoms with E-state index in [1.54, 1.807) is 0 Å². The van der Waals surface area contributed by atoms with Gasteiger partial charge < -0.3 is 9.84 Å². The van der Waals surface area contributed by atoms with Crippen LogP contribution in [0.2, 0.25) is 0 Å². The average molecular weight is 221 g/mol. The van der Waals surface area contributed by atoms with Crippen LogP contribution in [0.15, 0.2) is 4.52 Å². The van der Waals surface area contributed by atoms with E-state index in [1.807, 2.05) is 0 Å². The molecule has 0 aliphatic carbocycles. The van der Waals surface area contributed by atoms with E-state index in [0.29, 0.717) is 12.3 Å². The molecule has 0 radical (unpaired) electrons. The summed E-state index contributed by atoms with van der Waals surface area (Å²) in [5.41, 5.74) is 0. The van der Waals surface area contributed by atoms with Crippen LogP contribution in [0.3, 0.4) is 0 Å². The zero-order valence-electron chi connectivity index (χ0n) is 7.84. The van der Waals surface area contributed by atoms with Crippen molar-refractivity contribution in [2.24, 2.45) is 5.92 Å². The first-order valence-electron chi connectivity index (χ1n) is 4.66. The number of nitrogens with one attached hydrogen (secondary N) is 1. The van der Waals surface area contributed by atoms with Crippen molar-refractivity contribution >= 4 is 0 Å². The predicted molar refractivity (Wildman–Crippen MR) is 44.0 cm³/mol. The molecule has 1 aliphatic rings. The van der Waals surface area contributed by atoms with Crippen LogP contribution < -0.4 is 5.32 Å². The molecule has 1 fully saturated rings. The van der Waals surface area contributed by atoms with Crippen molar-refractivity contribution in [1.29, 1.82) is 0 Å². The highest BCUT2D eigenvalue weighted by atomic mass is 19.4. The van der Waals surface area contributed by atoms with E-state index in [1.165, 1.54) is 0 Å². The second kappa shape index (κ2) is 3.80. The average Bonchev–Trinajstić information content (AvgIpc) is 2.73. The molecule has 1 saturated heterocycles. The first-order valence-corrected chi connectivity index (χ1v) is 4.66. The summed E-state index contributed by atoms with van der Waals surface area (Å²) in [5.74, 6) is -0.828. The Bertz CT molecular complexity index is 330. The second-order valence-corrected chi connectivity index (χ2v) is 3.57. The normalized spacial score (nSPS) is 22.2. The third kappa shape index (κ3) is 2.47. The van der Waals surface area contributed by atoms with Gasteiger partial charge in [0.1, 0.15) is 0 Å². The van der Waals surface area contributed by atoms with Crippen molar-refractivity contribution in [3.8, 4) is 0 Å². The van der Waals surface area contributed by atoms with Gasteiger partial charge in [-0.25, -0.2) is 0 Å². The smallest absolute Gasteiger partial charge is 0.339 e. The van der Waals surface area contributed by atoms with E-state index in [9.17, 15) is 13.2 Å².